The van der Waals surface area contributed by atoms with E-state index in [0.29, 0.717) is 46.4 Å². The Hall–Kier alpha value is -3.15. The molecule has 2 aromatic carbocycles. The highest BCUT2D eigenvalue weighted by Crippen LogP contribution is 2.37. The zero-order chi connectivity index (χ0) is 20.0. The van der Waals surface area contributed by atoms with Crippen molar-refractivity contribution < 1.29 is 23.7 Å². The molecule has 0 spiro atoms. The molecule has 144 valence electrons. The minimum atomic E-state index is -0.198. The third-order valence-electron chi connectivity index (χ3n) is 4.01. The van der Waals surface area contributed by atoms with Crippen molar-refractivity contribution in [3.8, 4) is 23.0 Å². The summed E-state index contributed by atoms with van der Waals surface area (Å²) >= 11 is 0. The Morgan fingerprint density at radius 2 is 1.78 bits per heavy atom. The lowest BCUT2D eigenvalue weighted by Crippen LogP contribution is -2.06. The molecule has 0 unspecified atom stereocenters. The number of nitrogen functional groups attached to an aromatic ring is 1. The van der Waals surface area contributed by atoms with Gasteiger partial charge in [0.15, 0.2) is 17.3 Å². The Morgan fingerprint density at radius 3 is 2.33 bits per heavy atom. The first-order valence-electron chi connectivity index (χ1n) is 8.50. The maximum Gasteiger partial charge on any atom is 0.192 e. The summed E-state index contributed by atoms with van der Waals surface area (Å²) in [6, 6.07) is 8.71. The highest BCUT2D eigenvalue weighted by molar-refractivity contribution is 6.13. The molecule has 0 atom stereocenters. The van der Waals surface area contributed by atoms with Gasteiger partial charge < -0.3 is 24.7 Å². The average Bonchev–Trinajstić information content (AvgIpc) is 2.68. The van der Waals surface area contributed by atoms with E-state index in [9.17, 15) is 4.79 Å². The van der Waals surface area contributed by atoms with Crippen molar-refractivity contribution in [1.82, 2.24) is 0 Å². The van der Waals surface area contributed by atoms with Gasteiger partial charge in [0, 0.05) is 6.07 Å². The maximum absolute atomic E-state index is 13.0. The smallest absolute Gasteiger partial charge is 0.192 e. The molecule has 0 saturated heterocycles. The number of hydrogen-bond acceptors (Lipinski definition) is 6. The van der Waals surface area contributed by atoms with Gasteiger partial charge in [-0.2, -0.15) is 0 Å². The molecule has 0 bridgehead atoms. The second-order valence-electron chi connectivity index (χ2n) is 5.80. The molecule has 2 rings (SSSR count). The second kappa shape index (κ2) is 8.98. The quantitative estimate of drug-likeness (QED) is 0.429. The number of allylic oxidation sites excluding steroid dienone is 1. The highest BCUT2D eigenvalue weighted by Gasteiger charge is 2.20. The Kier molecular flexibility index (Phi) is 6.71. The van der Waals surface area contributed by atoms with Gasteiger partial charge in [-0.3, -0.25) is 4.79 Å². The van der Waals surface area contributed by atoms with Gasteiger partial charge in [-0.05, 0) is 49.3 Å². The molecule has 0 aliphatic heterocycles. The van der Waals surface area contributed by atoms with E-state index in [2.05, 4.69) is 0 Å². The largest absolute Gasteiger partial charge is 0.497 e. The lowest BCUT2D eigenvalue weighted by molar-refractivity contribution is 0.103. The average molecular weight is 371 g/mol. The predicted molar refractivity (Wildman–Crippen MR) is 106 cm³/mol. The van der Waals surface area contributed by atoms with Gasteiger partial charge in [0.2, 0.25) is 0 Å². The fraction of sp³-hybridized carbons (Fsp3) is 0.286. The second-order valence-corrected chi connectivity index (χ2v) is 5.80. The van der Waals surface area contributed by atoms with E-state index >= 15 is 0 Å². The number of benzene rings is 2. The van der Waals surface area contributed by atoms with Crippen LogP contribution in [0.2, 0.25) is 0 Å². The van der Waals surface area contributed by atoms with Crippen LogP contribution in [0.3, 0.4) is 0 Å². The molecule has 6 nitrogen and oxygen atoms in total. The summed E-state index contributed by atoms with van der Waals surface area (Å²) in [7, 11) is 4.53. The molecule has 0 aliphatic carbocycles. The number of ether oxygens (including phenoxy) is 4. The number of anilines is 1. The normalized spacial score (nSPS) is 11.1. The van der Waals surface area contributed by atoms with Crippen molar-refractivity contribution in [2.45, 2.75) is 13.8 Å². The van der Waals surface area contributed by atoms with Crippen LogP contribution in [0.15, 0.2) is 35.9 Å². The SMILES string of the molecule is CCOc1ccc(C=C(C)C(=O)c2cc(OC)cc(OC)c2OC)cc1N. The molecule has 0 fully saturated rings. The summed E-state index contributed by atoms with van der Waals surface area (Å²) in [5.74, 6) is 1.73. The number of hydrogen-bond donors (Lipinski definition) is 1. The van der Waals surface area contributed by atoms with E-state index in [4.69, 9.17) is 24.7 Å². The summed E-state index contributed by atoms with van der Waals surface area (Å²) in [5, 5.41) is 0. The van der Waals surface area contributed by atoms with Crippen LogP contribution in [0.4, 0.5) is 5.69 Å². The van der Waals surface area contributed by atoms with E-state index in [1.54, 1.807) is 37.3 Å². The molecule has 6 heteroatoms. The van der Waals surface area contributed by atoms with Gasteiger partial charge in [-0.1, -0.05) is 6.07 Å². The molecule has 0 aromatic heterocycles. The third kappa shape index (κ3) is 4.53. The van der Waals surface area contributed by atoms with Gasteiger partial charge in [-0.25, -0.2) is 0 Å². The Balaban J connectivity index is 2.42. The number of Topliss-reactive ketones (excluding diaryl/α,β-unsaturated/α-hetero) is 1. The van der Waals surface area contributed by atoms with Crippen LogP contribution in [0, 0.1) is 0 Å². The standard InChI is InChI=1S/C21H25NO5/c1-6-27-18-8-7-14(10-17(18)22)9-13(2)20(23)16-11-15(24-3)12-19(25-4)21(16)26-5/h7-12H,6,22H2,1-5H3. The van der Waals surface area contributed by atoms with Crippen LogP contribution >= 0.6 is 0 Å². The molecule has 2 aromatic rings. The monoisotopic (exact) mass is 371 g/mol. The number of ketones is 1. The molecule has 27 heavy (non-hydrogen) atoms. The molecule has 0 aliphatic rings. The van der Waals surface area contributed by atoms with Gasteiger partial charge in [0.1, 0.15) is 11.5 Å². The Bertz CT molecular complexity index is 858. The van der Waals surface area contributed by atoms with Gasteiger partial charge in [-0.15, -0.1) is 0 Å². The van der Waals surface area contributed by atoms with E-state index in [1.807, 2.05) is 13.0 Å². The number of carbonyl (C=O) groups excluding carboxylic acids is 1. The van der Waals surface area contributed by atoms with E-state index in [1.165, 1.54) is 21.3 Å². The summed E-state index contributed by atoms with van der Waals surface area (Å²) in [6.07, 6.45) is 1.76. The van der Waals surface area contributed by atoms with Crippen molar-refractivity contribution in [1.29, 1.82) is 0 Å². The number of carbonyl (C=O) groups is 1. The van der Waals surface area contributed by atoms with Crippen LogP contribution in [-0.2, 0) is 0 Å². The number of nitrogens with two attached hydrogens (primary N) is 1. The first kappa shape index (κ1) is 20.2. The molecular weight excluding hydrogens is 346 g/mol. The first-order valence-corrected chi connectivity index (χ1v) is 8.50. The van der Waals surface area contributed by atoms with Crippen molar-refractivity contribution in [3.05, 3.63) is 47.0 Å². The van der Waals surface area contributed by atoms with E-state index in [0.717, 1.165) is 5.56 Å². The van der Waals surface area contributed by atoms with Gasteiger partial charge in [0.05, 0.1) is 39.2 Å². The van der Waals surface area contributed by atoms with Crippen LogP contribution in [0.1, 0.15) is 29.8 Å². The molecule has 0 radical (unpaired) electrons. The fourth-order valence-corrected chi connectivity index (χ4v) is 2.70. The highest BCUT2D eigenvalue weighted by atomic mass is 16.5. The summed E-state index contributed by atoms with van der Waals surface area (Å²) in [5.41, 5.74) is 8.20. The van der Waals surface area contributed by atoms with Crippen LogP contribution < -0.4 is 24.7 Å². The first-order chi connectivity index (χ1) is 12.9. The maximum atomic E-state index is 13.0. The lowest BCUT2D eigenvalue weighted by Gasteiger charge is -2.14. The minimum absolute atomic E-state index is 0.198. The van der Waals surface area contributed by atoms with Crippen molar-refractivity contribution in [2.75, 3.05) is 33.7 Å². The van der Waals surface area contributed by atoms with Crippen LogP contribution in [0.25, 0.3) is 6.08 Å². The van der Waals surface area contributed by atoms with Crippen molar-refractivity contribution in [3.63, 3.8) is 0 Å². The molecule has 0 amide bonds. The summed E-state index contributed by atoms with van der Waals surface area (Å²) in [4.78, 5) is 13.0. The number of rotatable bonds is 8. The minimum Gasteiger partial charge on any atom is -0.497 e. The molecule has 0 saturated carbocycles. The Labute approximate surface area is 159 Å². The summed E-state index contributed by atoms with van der Waals surface area (Å²) in [6.45, 7) is 4.17. The molecule has 0 heterocycles. The van der Waals surface area contributed by atoms with Gasteiger partial charge >= 0.3 is 0 Å². The van der Waals surface area contributed by atoms with Crippen LogP contribution in [-0.4, -0.2) is 33.7 Å². The topological polar surface area (TPSA) is 80.0 Å². The van der Waals surface area contributed by atoms with E-state index < -0.39 is 0 Å². The zero-order valence-electron chi connectivity index (χ0n) is 16.3. The summed E-state index contributed by atoms with van der Waals surface area (Å²) < 4.78 is 21.4. The fourth-order valence-electron chi connectivity index (χ4n) is 2.70. The lowest BCUT2D eigenvalue weighted by atomic mass is 10.0. The van der Waals surface area contributed by atoms with E-state index in [-0.39, 0.29) is 5.78 Å². The van der Waals surface area contributed by atoms with Crippen molar-refractivity contribution in [2.24, 2.45) is 0 Å². The molecule has 2 N–H and O–H groups in total. The zero-order valence-corrected chi connectivity index (χ0v) is 16.3. The van der Waals surface area contributed by atoms with Crippen LogP contribution in [0.5, 0.6) is 23.0 Å². The third-order valence-corrected chi connectivity index (χ3v) is 4.01. The Morgan fingerprint density at radius 1 is 1.04 bits per heavy atom. The predicted octanol–water partition coefficient (Wildman–Crippen LogP) is 3.98. The van der Waals surface area contributed by atoms with Crippen molar-refractivity contribution >= 4 is 17.5 Å². The molecular formula is C21H25NO5. The van der Waals surface area contributed by atoms with Gasteiger partial charge in [0.25, 0.3) is 0 Å². The number of methoxy groups -OCH3 is 3.